The molecule has 1 aromatic heterocycles. The van der Waals surface area contributed by atoms with E-state index in [2.05, 4.69) is 10.3 Å². The average Bonchev–Trinajstić information content (AvgIpc) is 2.42. The standard InChI is InChI=1S/C16H20N2O/c1-12-9-15(10-13(2)16(12)19)11-18-8-5-14-3-6-17-7-4-14/h3-4,6-7,9-10,18-19H,5,8,11H2,1-2H3. The van der Waals surface area contributed by atoms with E-state index in [1.165, 1.54) is 11.1 Å². The number of benzene rings is 1. The minimum atomic E-state index is 0.403. The first kappa shape index (κ1) is 13.6. The lowest BCUT2D eigenvalue weighted by atomic mass is 10.1. The second-order valence-electron chi connectivity index (χ2n) is 4.86. The molecule has 2 rings (SSSR count). The smallest absolute Gasteiger partial charge is 0.121 e. The molecule has 0 atom stereocenters. The summed E-state index contributed by atoms with van der Waals surface area (Å²) in [5, 5.41) is 13.1. The lowest BCUT2D eigenvalue weighted by Gasteiger charge is -2.09. The molecule has 2 aromatic rings. The van der Waals surface area contributed by atoms with Crippen molar-refractivity contribution in [2.24, 2.45) is 0 Å². The number of rotatable bonds is 5. The molecular formula is C16H20N2O. The number of nitrogens with one attached hydrogen (secondary N) is 1. The van der Waals surface area contributed by atoms with Crippen molar-refractivity contribution in [3.63, 3.8) is 0 Å². The van der Waals surface area contributed by atoms with Crippen LogP contribution in [0, 0.1) is 13.8 Å². The maximum atomic E-state index is 9.72. The number of phenolic OH excluding ortho intramolecular Hbond substituents is 1. The fraction of sp³-hybridized carbons (Fsp3) is 0.312. The second kappa shape index (κ2) is 6.34. The van der Waals surface area contributed by atoms with Crippen LogP contribution in [0.3, 0.4) is 0 Å². The van der Waals surface area contributed by atoms with Gasteiger partial charge in [0.2, 0.25) is 0 Å². The van der Waals surface area contributed by atoms with E-state index in [0.29, 0.717) is 5.75 Å². The predicted octanol–water partition coefficient (Wildman–Crippen LogP) is 2.74. The van der Waals surface area contributed by atoms with Gasteiger partial charge in [-0.15, -0.1) is 0 Å². The molecule has 0 saturated heterocycles. The summed E-state index contributed by atoms with van der Waals surface area (Å²) in [7, 11) is 0. The highest BCUT2D eigenvalue weighted by Gasteiger charge is 2.03. The Kier molecular flexibility index (Phi) is 4.53. The first-order valence-corrected chi connectivity index (χ1v) is 6.55. The van der Waals surface area contributed by atoms with Gasteiger partial charge >= 0.3 is 0 Å². The average molecular weight is 256 g/mol. The molecule has 1 aromatic carbocycles. The van der Waals surface area contributed by atoms with Crippen LogP contribution in [0.15, 0.2) is 36.7 Å². The first-order chi connectivity index (χ1) is 9.16. The van der Waals surface area contributed by atoms with Crippen LogP contribution in [-0.4, -0.2) is 16.6 Å². The Morgan fingerprint density at radius 1 is 1.05 bits per heavy atom. The fourth-order valence-corrected chi connectivity index (χ4v) is 2.16. The van der Waals surface area contributed by atoms with Crippen LogP contribution in [0.5, 0.6) is 5.75 Å². The van der Waals surface area contributed by atoms with Gasteiger partial charge in [-0.1, -0.05) is 12.1 Å². The van der Waals surface area contributed by atoms with E-state index in [1.807, 2.05) is 50.5 Å². The van der Waals surface area contributed by atoms with Crippen molar-refractivity contribution in [1.82, 2.24) is 10.3 Å². The van der Waals surface area contributed by atoms with Crippen LogP contribution in [0.2, 0.25) is 0 Å². The van der Waals surface area contributed by atoms with Gasteiger partial charge in [-0.2, -0.15) is 0 Å². The first-order valence-electron chi connectivity index (χ1n) is 6.55. The molecule has 0 aliphatic rings. The van der Waals surface area contributed by atoms with Crippen LogP contribution in [-0.2, 0) is 13.0 Å². The summed E-state index contributed by atoms with van der Waals surface area (Å²) in [6, 6.07) is 8.14. The monoisotopic (exact) mass is 256 g/mol. The van der Waals surface area contributed by atoms with Gasteiger partial charge in [0.1, 0.15) is 5.75 Å². The Balaban J connectivity index is 1.83. The normalized spacial score (nSPS) is 10.6. The number of aromatic nitrogens is 1. The zero-order valence-corrected chi connectivity index (χ0v) is 11.5. The molecule has 0 radical (unpaired) electrons. The third kappa shape index (κ3) is 3.80. The van der Waals surface area contributed by atoms with Crippen LogP contribution < -0.4 is 5.32 Å². The maximum absolute atomic E-state index is 9.72. The minimum Gasteiger partial charge on any atom is -0.507 e. The van der Waals surface area contributed by atoms with Crippen LogP contribution in [0.4, 0.5) is 0 Å². The van der Waals surface area contributed by atoms with E-state index in [9.17, 15) is 5.11 Å². The fourth-order valence-electron chi connectivity index (χ4n) is 2.16. The summed E-state index contributed by atoms with van der Waals surface area (Å²) in [5.41, 5.74) is 4.37. The number of hydrogen-bond acceptors (Lipinski definition) is 3. The lowest BCUT2D eigenvalue weighted by molar-refractivity contribution is 0.466. The largest absolute Gasteiger partial charge is 0.507 e. The molecule has 0 aliphatic carbocycles. The van der Waals surface area contributed by atoms with E-state index in [-0.39, 0.29) is 0 Å². The number of nitrogens with zero attached hydrogens (tertiary/aromatic N) is 1. The predicted molar refractivity (Wildman–Crippen MR) is 77.2 cm³/mol. The van der Waals surface area contributed by atoms with E-state index in [0.717, 1.165) is 30.6 Å². The second-order valence-corrected chi connectivity index (χ2v) is 4.86. The van der Waals surface area contributed by atoms with Crippen molar-refractivity contribution >= 4 is 0 Å². The molecule has 0 bridgehead atoms. The van der Waals surface area contributed by atoms with Gasteiger partial charge in [-0.25, -0.2) is 0 Å². The SMILES string of the molecule is Cc1cc(CNCCc2ccncc2)cc(C)c1O. The molecule has 0 spiro atoms. The third-order valence-corrected chi connectivity index (χ3v) is 3.22. The number of phenols is 1. The van der Waals surface area contributed by atoms with Gasteiger partial charge in [0.05, 0.1) is 0 Å². The highest BCUT2D eigenvalue weighted by molar-refractivity contribution is 5.42. The van der Waals surface area contributed by atoms with Crippen molar-refractivity contribution < 1.29 is 5.11 Å². The van der Waals surface area contributed by atoms with Crippen LogP contribution in [0.25, 0.3) is 0 Å². The Bertz CT molecular complexity index is 515. The van der Waals surface area contributed by atoms with E-state index < -0.39 is 0 Å². The van der Waals surface area contributed by atoms with Gasteiger partial charge in [0.15, 0.2) is 0 Å². The summed E-state index contributed by atoms with van der Waals surface area (Å²) in [4.78, 5) is 4.00. The van der Waals surface area contributed by atoms with Gasteiger partial charge in [0.25, 0.3) is 0 Å². The third-order valence-electron chi connectivity index (χ3n) is 3.22. The molecular weight excluding hydrogens is 236 g/mol. The topological polar surface area (TPSA) is 45.2 Å². The van der Waals surface area contributed by atoms with E-state index >= 15 is 0 Å². The van der Waals surface area contributed by atoms with Crippen molar-refractivity contribution in [2.45, 2.75) is 26.8 Å². The van der Waals surface area contributed by atoms with Gasteiger partial charge < -0.3 is 10.4 Å². The summed E-state index contributed by atoms with van der Waals surface area (Å²) >= 11 is 0. The number of aromatic hydroxyl groups is 1. The zero-order chi connectivity index (χ0) is 13.7. The van der Waals surface area contributed by atoms with Crippen LogP contribution in [0.1, 0.15) is 22.3 Å². The number of hydrogen-bond donors (Lipinski definition) is 2. The van der Waals surface area contributed by atoms with Gasteiger partial charge in [-0.3, -0.25) is 4.98 Å². The Morgan fingerprint density at radius 2 is 1.68 bits per heavy atom. The van der Waals surface area contributed by atoms with Gasteiger partial charge in [-0.05, 0) is 61.2 Å². The highest BCUT2D eigenvalue weighted by atomic mass is 16.3. The lowest BCUT2D eigenvalue weighted by Crippen LogP contribution is -2.16. The molecule has 0 saturated carbocycles. The molecule has 0 aliphatic heterocycles. The highest BCUT2D eigenvalue weighted by Crippen LogP contribution is 2.22. The molecule has 2 N–H and O–H groups in total. The quantitative estimate of drug-likeness (QED) is 0.809. The summed E-state index contributed by atoms with van der Waals surface area (Å²) in [6.45, 7) is 5.63. The molecule has 3 heteroatoms. The van der Waals surface area contributed by atoms with Gasteiger partial charge in [0, 0.05) is 18.9 Å². The Hall–Kier alpha value is -1.87. The van der Waals surface area contributed by atoms with Crippen molar-refractivity contribution in [1.29, 1.82) is 0 Å². The molecule has 0 unspecified atom stereocenters. The molecule has 100 valence electrons. The molecule has 19 heavy (non-hydrogen) atoms. The summed E-state index contributed by atoms with van der Waals surface area (Å²) < 4.78 is 0. The molecule has 0 amide bonds. The summed E-state index contributed by atoms with van der Waals surface area (Å²) in [6.07, 6.45) is 4.64. The maximum Gasteiger partial charge on any atom is 0.121 e. The van der Waals surface area contributed by atoms with Crippen molar-refractivity contribution in [3.05, 3.63) is 58.9 Å². The molecule has 1 heterocycles. The molecule has 3 nitrogen and oxygen atoms in total. The van der Waals surface area contributed by atoms with Crippen LogP contribution >= 0.6 is 0 Å². The number of pyridine rings is 1. The van der Waals surface area contributed by atoms with Crippen molar-refractivity contribution in [3.8, 4) is 5.75 Å². The number of aryl methyl sites for hydroxylation is 2. The van der Waals surface area contributed by atoms with E-state index in [1.54, 1.807) is 0 Å². The Morgan fingerprint density at radius 3 is 2.32 bits per heavy atom. The van der Waals surface area contributed by atoms with Crippen molar-refractivity contribution in [2.75, 3.05) is 6.54 Å². The molecule has 0 fully saturated rings. The van der Waals surface area contributed by atoms with E-state index in [4.69, 9.17) is 0 Å². The summed E-state index contributed by atoms with van der Waals surface area (Å²) in [5.74, 6) is 0.403. The Labute approximate surface area is 114 Å². The minimum absolute atomic E-state index is 0.403. The zero-order valence-electron chi connectivity index (χ0n) is 11.5.